The number of benzene rings is 1. The molecule has 0 saturated heterocycles. The predicted octanol–water partition coefficient (Wildman–Crippen LogP) is 3.36. The summed E-state index contributed by atoms with van der Waals surface area (Å²) in [6, 6.07) is 5.64. The van der Waals surface area contributed by atoms with Crippen LogP contribution in [-0.2, 0) is 0 Å². The third kappa shape index (κ3) is 2.59. The lowest BCUT2D eigenvalue weighted by Crippen LogP contribution is -2.06. The topological polar surface area (TPSA) is 39.1 Å². The summed E-state index contributed by atoms with van der Waals surface area (Å²) in [7, 11) is 1.61. The number of rotatable bonds is 5. The third-order valence-corrected chi connectivity index (χ3v) is 2.90. The highest BCUT2D eigenvalue weighted by molar-refractivity contribution is 6.32. The Hall–Kier alpha value is -1.68. The molecule has 2 aromatic rings. The molecule has 0 amide bonds. The Bertz CT molecular complexity index is 525. The van der Waals surface area contributed by atoms with Gasteiger partial charge in [0.1, 0.15) is 5.75 Å². The van der Waals surface area contributed by atoms with Crippen molar-refractivity contribution in [2.24, 2.45) is 0 Å². The Kier molecular flexibility index (Phi) is 4.10. The van der Waals surface area contributed by atoms with Crippen LogP contribution in [0, 0.1) is 0 Å². The highest BCUT2D eigenvalue weighted by Gasteiger charge is 2.07. The number of aromatic nitrogens is 2. The molecule has 0 atom stereocenters. The second-order valence-electron chi connectivity index (χ2n) is 3.87. The lowest BCUT2D eigenvalue weighted by molar-refractivity contribution is 0.415. The molecule has 0 fully saturated rings. The lowest BCUT2D eigenvalue weighted by atomic mass is 10.3. The van der Waals surface area contributed by atoms with Crippen molar-refractivity contribution in [3.63, 3.8) is 0 Å². The van der Waals surface area contributed by atoms with Gasteiger partial charge in [-0.25, -0.2) is 4.98 Å². The van der Waals surface area contributed by atoms with Gasteiger partial charge in [-0.3, -0.25) is 4.57 Å². The maximum atomic E-state index is 6.02. The van der Waals surface area contributed by atoms with Crippen molar-refractivity contribution in [2.75, 3.05) is 19.0 Å². The third-order valence-electron chi connectivity index (χ3n) is 2.59. The molecule has 5 heteroatoms. The number of halogens is 1. The molecule has 1 N–H and O–H groups in total. The van der Waals surface area contributed by atoms with Crippen LogP contribution in [0.25, 0.3) is 5.69 Å². The molecule has 1 aromatic carbocycles. The van der Waals surface area contributed by atoms with E-state index < -0.39 is 0 Å². The monoisotopic (exact) mass is 265 g/mol. The van der Waals surface area contributed by atoms with Gasteiger partial charge in [-0.2, -0.15) is 0 Å². The normalized spacial score (nSPS) is 10.4. The summed E-state index contributed by atoms with van der Waals surface area (Å²) >= 11 is 6.02. The fraction of sp³-hybridized carbons (Fsp3) is 0.308. The first-order chi connectivity index (χ1) is 8.76. The van der Waals surface area contributed by atoms with E-state index in [0.717, 1.165) is 24.6 Å². The van der Waals surface area contributed by atoms with Crippen LogP contribution < -0.4 is 10.1 Å². The molecular weight excluding hydrogens is 250 g/mol. The molecule has 1 aromatic heterocycles. The summed E-state index contributed by atoms with van der Waals surface area (Å²) in [5.41, 5.74) is 0.965. The molecule has 4 nitrogen and oxygen atoms in total. The van der Waals surface area contributed by atoms with Gasteiger partial charge in [-0.1, -0.05) is 18.5 Å². The van der Waals surface area contributed by atoms with E-state index in [9.17, 15) is 0 Å². The molecule has 0 bridgehead atoms. The van der Waals surface area contributed by atoms with E-state index in [1.54, 1.807) is 13.3 Å². The molecule has 0 aliphatic heterocycles. The van der Waals surface area contributed by atoms with Gasteiger partial charge in [0.25, 0.3) is 0 Å². The van der Waals surface area contributed by atoms with Gasteiger partial charge in [-0.15, -0.1) is 0 Å². The fourth-order valence-electron chi connectivity index (χ4n) is 1.68. The number of nitrogens with zero attached hydrogens (tertiary/aromatic N) is 2. The first-order valence-electron chi connectivity index (χ1n) is 5.87. The minimum absolute atomic E-state index is 0.601. The number of ether oxygens (including phenoxy) is 1. The van der Waals surface area contributed by atoms with Crippen LogP contribution in [-0.4, -0.2) is 23.2 Å². The predicted molar refractivity (Wildman–Crippen MR) is 73.9 cm³/mol. The molecule has 0 spiro atoms. The molecule has 0 radical (unpaired) electrons. The van der Waals surface area contributed by atoms with Gasteiger partial charge in [0, 0.05) is 25.0 Å². The van der Waals surface area contributed by atoms with E-state index in [1.807, 2.05) is 29.0 Å². The summed E-state index contributed by atoms with van der Waals surface area (Å²) in [6.45, 7) is 3.01. The number of anilines is 1. The van der Waals surface area contributed by atoms with Crippen LogP contribution in [0.1, 0.15) is 13.3 Å². The van der Waals surface area contributed by atoms with Crippen LogP contribution in [0.15, 0.2) is 30.6 Å². The zero-order valence-corrected chi connectivity index (χ0v) is 11.2. The van der Waals surface area contributed by atoms with E-state index in [2.05, 4.69) is 17.2 Å². The SMILES string of the molecule is CCCNc1nccn1-c1ccc(Cl)c(OC)c1. The van der Waals surface area contributed by atoms with E-state index in [-0.39, 0.29) is 0 Å². The van der Waals surface area contributed by atoms with E-state index in [0.29, 0.717) is 10.8 Å². The van der Waals surface area contributed by atoms with Crippen molar-refractivity contribution >= 4 is 17.5 Å². The quantitative estimate of drug-likeness (QED) is 0.901. The Morgan fingerprint density at radius 3 is 3.00 bits per heavy atom. The average Bonchev–Trinajstić information content (AvgIpc) is 2.85. The Labute approximate surface area is 112 Å². The number of methoxy groups -OCH3 is 1. The Morgan fingerprint density at radius 1 is 1.44 bits per heavy atom. The molecule has 0 aliphatic carbocycles. The first kappa shape index (κ1) is 12.8. The molecule has 2 rings (SSSR count). The minimum Gasteiger partial charge on any atom is -0.495 e. The molecule has 96 valence electrons. The van der Waals surface area contributed by atoms with E-state index >= 15 is 0 Å². The summed E-state index contributed by atoms with van der Waals surface area (Å²) in [4.78, 5) is 4.29. The van der Waals surface area contributed by atoms with Crippen LogP contribution in [0.3, 0.4) is 0 Å². The van der Waals surface area contributed by atoms with Gasteiger partial charge < -0.3 is 10.1 Å². The van der Waals surface area contributed by atoms with Gasteiger partial charge in [0.15, 0.2) is 0 Å². The smallest absolute Gasteiger partial charge is 0.207 e. The maximum absolute atomic E-state index is 6.02. The number of hydrogen-bond acceptors (Lipinski definition) is 3. The second kappa shape index (κ2) is 5.78. The summed E-state index contributed by atoms with van der Waals surface area (Å²) in [6.07, 6.45) is 4.72. The van der Waals surface area contributed by atoms with Crippen LogP contribution in [0.4, 0.5) is 5.95 Å². The number of hydrogen-bond donors (Lipinski definition) is 1. The Morgan fingerprint density at radius 2 is 2.28 bits per heavy atom. The van der Waals surface area contributed by atoms with Gasteiger partial charge in [0.05, 0.1) is 17.8 Å². The van der Waals surface area contributed by atoms with Crippen molar-refractivity contribution in [3.8, 4) is 11.4 Å². The van der Waals surface area contributed by atoms with Gasteiger partial charge in [0.2, 0.25) is 5.95 Å². The lowest BCUT2D eigenvalue weighted by Gasteiger charge is -2.11. The van der Waals surface area contributed by atoms with Crippen molar-refractivity contribution in [3.05, 3.63) is 35.6 Å². The first-order valence-corrected chi connectivity index (χ1v) is 6.25. The summed E-state index contributed by atoms with van der Waals surface area (Å²) < 4.78 is 7.19. The summed E-state index contributed by atoms with van der Waals surface area (Å²) in [5.74, 6) is 1.48. The van der Waals surface area contributed by atoms with Gasteiger partial charge >= 0.3 is 0 Å². The van der Waals surface area contributed by atoms with Crippen LogP contribution >= 0.6 is 11.6 Å². The highest BCUT2D eigenvalue weighted by Crippen LogP contribution is 2.27. The number of nitrogens with one attached hydrogen (secondary N) is 1. The standard InChI is InChI=1S/C13H16ClN3O/c1-3-6-15-13-16-7-8-17(13)10-4-5-11(14)12(9-10)18-2/h4-5,7-9H,3,6H2,1-2H3,(H,15,16). The second-order valence-corrected chi connectivity index (χ2v) is 4.27. The molecule has 0 aliphatic rings. The molecule has 1 heterocycles. The van der Waals surface area contributed by atoms with Crippen molar-refractivity contribution < 1.29 is 4.74 Å². The zero-order chi connectivity index (χ0) is 13.0. The Balaban J connectivity index is 2.33. The summed E-state index contributed by atoms with van der Waals surface area (Å²) in [5, 5.41) is 3.87. The number of imidazole rings is 1. The molecule has 18 heavy (non-hydrogen) atoms. The minimum atomic E-state index is 0.601. The fourth-order valence-corrected chi connectivity index (χ4v) is 1.87. The molecule has 0 saturated carbocycles. The average molecular weight is 266 g/mol. The van der Waals surface area contributed by atoms with Crippen LogP contribution in [0.5, 0.6) is 5.75 Å². The largest absolute Gasteiger partial charge is 0.495 e. The zero-order valence-electron chi connectivity index (χ0n) is 10.5. The van der Waals surface area contributed by atoms with Gasteiger partial charge in [-0.05, 0) is 18.6 Å². The molecular formula is C13H16ClN3O. The highest BCUT2D eigenvalue weighted by atomic mass is 35.5. The van der Waals surface area contributed by atoms with Crippen molar-refractivity contribution in [2.45, 2.75) is 13.3 Å². The van der Waals surface area contributed by atoms with E-state index in [1.165, 1.54) is 0 Å². The molecule has 0 unspecified atom stereocenters. The van der Waals surface area contributed by atoms with Crippen LogP contribution in [0.2, 0.25) is 5.02 Å². The van der Waals surface area contributed by atoms with Crippen molar-refractivity contribution in [1.29, 1.82) is 0 Å². The van der Waals surface area contributed by atoms with Crippen molar-refractivity contribution in [1.82, 2.24) is 9.55 Å². The maximum Gasteiger partial charge on any atom is 0.207 e. The van der Waals surface area contributed by atoms with E-state index in [4.69, 9.17) is 16.3 Å².